The summed E-state index contributed by atoms with van der Waals surface area (Å²) in [6.07, 6.45) is 10.6. The summed E-state index contributed by atoms with van der Waals surface area (Å²) in [5, 5.41) is 0.166. The monoisotopic (exact) mass is 506 g/mol. The second kappa shape index (κ2) is 9.00. The Balaban J connectivity index is 1.51. The average Bonchev–Trinajstić information content (AvgIpc) is 3.29. The fourth-order valence-corrected chi connectivity index (χ4v) is 5.89. The van der Waals surface area contributed by atoms with Crippen LogP contribution in [0.5, 0.6) is 0 Å². The Bertz CT molecular complexity index is 1730. The van der Waals surface area contributed by atoms with E-state index in [1.54, 1.807) is 0 Å². The molecular formula is C34H21ClN3+. The van der Waals surface area contributed by atoms with Gasteiger partial charge in [-0.2, -0.15) is 9.97 Å². The number of nitrogens with zero attached hydrogens (tertiary/aromatic N) is 3. The molecule has 4 heteroatoms. The van der Waals surface area contributed by atoms with Gasteiger partial charge >= 0.3 is 0 Å². The third-order valence-corrected chi connectivity index (χ3v) is 7.47. The van der Waals surface area contributed by atoms with Crippen molar-refractivity contribution in [3.63, 3.8) is 0 Å². The third kappa shape index (κ3) is 3.45. The number of hydrogen-bond donors (Lipinski definition) is 0. The Hall–Kier alpha value is -4.69. The molecule has 2 aliphatic rings. The molecule has 1 aromatic heterocycles. The first kappa shape index (κ1) is 22.5. The molecule has 0 saturated heterocycles. The first-order valence-corrected chi connectivity index (χ1v) is 12.9. The van der Waals surface area contributed by atoms with Crippen LogP contribution in [-0.2, 0) is 5.41 Å². The summed E-state index contributed by atoms with van der Waals surface area (Å²) >= 11 is 6.42. The van der Waals surface area contributed by atoms with Gasteiger partial charge in [-0.15, -0.1) is 0 Å². The third-order valence-electron chi connectivity index (χ3n) is 7.30. The average molecular weight is 507 g/mol. The van der Waals surface area contributed by atoms with Gasteiger partial charge in [0.05, 0.1) is 17.6 Å². The summed E-state index contributed by atoms with van der Waals surface area (Å²) in [5.41, 5.74) is 8.59. The van der Waals surface area contributed by atoms with E-state index in [2.05, 4.69) is 119 Å². The number of aromatic nitrogens is 3. The van der Waals surface area contributed by atoms with E-state index in [0.717, 1.165) is 11.1 Å². The molecule has 0 atom stereocenters. The van der Waals surface area contributed by atoms with Crippen molar-refractivity contribution in [2.75, 3.05) is 0 Å². The van der Waals surface area contributed by atoms with E-state index in [4.69, 9.17) is 16.6 Å². The van der Waals surface area contributed by atoms with Crippen LogP contribution in [0.15, 0.2) is 127 Å². The van der Waals surface area contributed by atoms with Crippen LogP contribution in [-0.4, -0.2) is 15.0 Å². The highest BCUT2D eigenvalue weighted by Crippen LogP contribution is 2.56. The maximum absolute atomic E-state index is 6.42. The van der Waals surface area contributed by atoms with Crippen molar-refractivity contribution in [3.05, 3.63) is 167 Å². The van der Waals surface area contributed by atoms with Crippen LogP contribution in [0.1, 0.15) is 28.1 Å². The lowest BCUT2D eigenvalue weighted by molar-refractivity contribution is 0.768. The summed E-state index contributed by atoms with van der Waals surface area (Å²) in [5.74, 6) is 1.08. The molecule has 38 heavy (non-hydrogen) atoms. The quantitative estimate of drug-likeness (QED) is 0.228. The molecule has 0 aliphatic heterocycles. The van der Waals surface area contributed by atoms with Gasteiger partial charge in [0.1, 0.15) is 17.7 Å². The molecule has 0 N–H and O–H groups in total. The lowest BCUT2D eigenvalue weighted by Gasteiger charge is -2.34. The van der Waals surface area contributed by atoms with Gasteiger partial charge in [-0.05, 0) is 51.0 Å². The van der Waals surface area contributed by atoms with E-state index < -0.39 is 5.41 Å². The molecule has 5 aromatic rings. The Morgan fingerprint density at radius 2 is 1.29 bits per heavy atom. The highest BCUT2D eigenvalue weighted by Gasteiger charge is 2.46. The van der Waals surface area contributed by atoms with Crippen LogP contribution < -0.4 is 0 Å². The smallest absolute Gasteiger partial charge is 0.206 e. The van der Waals surface area contributed by atoms with Crippen LogP contribution in [0, 0.1) is 6.08 Å². The van der Waals surface area contributed by atoms with Crippen molar-refractivity contribution in [1.82, 2.24) is 15.0 Å². The summed E-state index contributed by atoms with van der Waals surface area (Å²) in [6.45, 7) is 0. The number of rotatable bonds is 4. The second-order valence-electron chi connectivity index (χ2n) is 9.33. The number of fused-ring (bicyclic) bond motifs is 3. The van der Waals surface area contributed by atoms with Crippen molar-refractivity contribution < 1.29 is 0 Å². The summed E-state index contributed by atoms with van der Waals surface area (Å²) < 4.78 is 0. The largest absolute Gasteiger partial charge is 0.226 e. The molecule has 1 heterocycles. The molecular weight excluding hydrogens is 486 g/mol. The normalized spacial score (nSPS) is 14.4. The summed E-state index contributed by atoms with van der Waals surface area (Å²) in [7, 11) is 0. The van der Waals surface area contributed by atoms with Gasteiger partial charge < -0.3 is 0 Å². The fraction of sp³-hybridized carbons (Fsp3) is 0.0294. The van der Waals surface area contributed by atoms with Crippen molar-refractivity contribution in [3.8, 4) is 22.5 Å². The molecule has 4 aromatic carbocycles. The first-order valence-electron chi connectivity index (χ1n) is 12.5. The first-order chi connectivity index (χ1) is 18.7. The minimum atomic E-state index is -0.487. The summed E-state index contributed by atoms with van der Waals surface area (Å²) in [6, 6.07) is 36.6. The van der Waals surface area contributed by atoms with Crippen molar-refractivity contribution in [1.29, 1.82) is 0 Å². The predicted molar refractivity (Wildman–Crippen MR) is 153 cm³/mol. The van der Waals surface area contributed by atoms with E-state index in [1.807, 2.05) is 24.3 Å². The zero-order chi connectivity index (χ0) is 25.5. The predicted octanol–water partition coefficient (Wildman–Crippen LogP) is 7.87. The van der Waals surface area contributed by atoms with Crippen LogP contribution in [0.4, 0.5) is 0 Å². The Morgan fingerprint density at radius 1 is 0.632 bits per heavy atom. The number of halogens is 1. The molecule has 178 valence electrons. The van der Waals surface area contributed by atoms with Crippen molar-refractivity contribution >= 4 is 17.2 Å². The highest BCUT2D eigenvalue weighted by atomic mass is 35.5. The van der Waals surface area contributed by atoms with Gasteiger partial charge in [-0.1, -0.05) is 97.1 Å². The number of benzene rings is 4. The van der Waals surface area contributed by atoms with Crippen molar-refractivity contribution in [2.45, 2.75) is 5.41 Å². The van der Waals surface area contributed by atoms with E-state index in [1.165, 1.54) is 33.4 Å². The Morgan fingerprint density at radius 3 is 2.00 bits per heavy atom. The van der Waals surface area contributed by atoms with Gasteiger partial charge in [0.15, 0.2) is 11.6 Å². The highest BCUT2D eigenvalue weighted by molar-refractivity contribution is 6.28. The molecule has 0 amide bonds. The van der Waals surface area contributed by atoms with Crippen LogP contribution in [0.3, 0.4) is 0 Å². The van der Waals surface area contributed by atoms with E-state index in [-0.39, 0.29) is 5.28 Å². The van der Waals surface area contributed by atoms with Crippen LogP contribution >= 0.6 is 11.6 Å². The maximum Gasteiger partial charge on any atom is 0.226 e. The Kier molecular flexibility index (Phi) is 5.33. The van der Waals surface area contributed by atoms with Gasteiger partial charge in [-0.3, -0.25) is 0 Å². The zero-order valence-electron chi connectivity index (χ0n) is 20.3. The number of allylic oxidation sites excluding steroid dienone is 6. The van der Waals surface area contributed by atoms with Gasteiger partial charge in [0.25, 0.3) is 0 Å². The van der Waals surface area contributed by atoms with E-state index in [9.17, 15) is 0 Å². The second-order valence-corrected chi connectivity index (χ2v) is 9.67. The van der Waals surface area contributed by atoms with Crippen molar-refractivity contribution in [2.24, 2.45) is 0 Å². The Labute approximate surface area is 226 Å². The fourth-order valence-electron chi connectivity index (χ4n) is 5.73. The molecule has 0 fully saturated rings. The lowest BCUT2D eigenvalue weighted by Crippen LogP contribution is -2.28. The molecule has 0 saturated carbocycles. The summed E-state index contributed by atoms with van der Waals surface area (Å²) in [4.78, 5) is 13.7. The molecule has 0 spiro atoms. The minimum absolute atomic E-state index is 0.166. The van der Waals surface area contributed by atoms with Gasteiger partial charge in [-0.25, -0.2) is 4.98 Å². The SMILES string of the molecule is Clc1nc(C2=CC=[C+]C=C2)nc(-c2ccc3c(c2)C(c2ccccc2)(c2ccccc2)c2ccccc2-3)n1. The number of hydrogen-bond acceptors (Lipinski definition) is 3. The van der Waals surface area contributed by atoms with E-state index >= 15 is 0 Å². The van der Waals surface area contributed by atoms with Gasteiger partial charge in [0, 0.05) is 11.6 Å². The zero-order valence-corrected chi connectivity index (χ0v) is 21.1. The van der Waals surface area contributed by atoms with Crippen LogP contribution in [0.25, 0.3) is 28.1 Å². The minimum Gasteiger partial charge on any atom is -0.206 e. The molecule has 0 unspecified atom stereocenters. The molecule has 0 radical (unpaired) electrons. The van der Waals surface area contributed by atoms with E-state index in [0.29, 0.717) is 11.6 Å². The molecule has 7 rings (SSSR count). The van der Waals surface area contributed by atoms with Crippen LogP contribution in [0.2, 0.25) is 5.28 Å². The van der Waals surface area contributed by atoms with Gasteiger partial charge in [0.2, 0.25) is 5.28 Å². The molecule has 2 aliphatic carbocycles. The molecule has 3 nitrogen and oxygen atoms in total. The maximum atomic E-state index is 6.42. The molecule has 0 bridgehead atoms. The standard InChI is InChI=1S/C34H21ClN3/c35-33-37-31(23-12-4-1-5-13-23)36-32(38-33)24-20-21-28-27-18-10-11-19-29(27)34(30(28)22-24,25-14-6-2-7-15-25)26-16-8-3-9-17-26/h2-22H/q+1. The topological polar surface area (TPSA) is 38.7 Å². The lowest BCUT2D eigenvalue weighted by atomic mass is 9.67.